The van der Waals surface area contributed by atoms with Gasteiger partial charge in [0.05, 0.1) is 17.0 Å². The van der Waals surface area contributed by atoms with E-state index in [1.807, 2.05) is 0 Å². The minimum absolute atomic E-state index is 0.0478. The molecule has 0 saturated carbocycles. The molecule has 0 fully saturated rings. The van der Waals surface area contributed by atoms with Gasteiger partial charge in [0.1, 0.15) is 5.83 Å². The van der Waals surface area contributed by atoms with Crippen molar-refractivity contribution in [2.24, 2.45) is 0 Å². The second-order valence-corrected chi connectivity index (χ2v) is 4.68. The number of carbonyl (C=O) groups is 1. The largest absolute Gasteiger partial charge is 0.328 e. The lowest BCUT2D eigenvalue weighted by Gasteiger charge is -2.13. The van der Waals surface area contributed by atoms with Crippen molar-refractivity contribution < 1.29 is 9.18 Å². The molecule has 6 nitrogen and oxygen atoms in total. The standard InChI is InChI=1S/C10H8FN5OS/c11-7-1-2-16(4-7)10(17)6-3-8(18-5-6)9-12-14-15-13-9/h1,3,5H,2,4H2,(H,12,13,14,15). The molecule has 0 spiro atoms. The van der Waals surface area contributed by atoms with Gasteiger partial charge in [0.2, 0.25) is 5.82 Å². The van der Waals surface area contributed by atoms with Crippen LogP contribution in [0.15, 0.2) is 23.3 Å². The van der Waals surface area contributed by atoms with E-state index in [-0.39, 0.29) is 18.3 Å². The highest BCUT2D eigenvalue weighted by molar-refractivity contribution is 7.13. The van der Waals surface area contributed by atoms with Crippen LogP contribution >= 0.6 is 11.3 Å². The zero-order chi connectivity index (χ0) is 12.5. The molecule has 1 amide bonds. The molecule has 0 radical (unpaired) electrons. The summed E-state index contributed by atoms with van der Waals surface area (Å²) in [6, 6.07) is 1.69. The Hall–Kier alpha value is -2.09. The molecule has 1 aliphatic rings. The summed E-state index contributed by atoms with van der Waals surface area (Å²) >= 11 is 1.35. The van der Waals surface area contributed by atoms with E-state index < -0.39 is 0 Å². The van der Waals surface area contributed by atoms with E-state index in [9.17, 15) is 9.18 Å². The van der Waals surface area contributed by atoms with Gasteiger partial charge in [0.25, 0.3) is 5.91 Å². The van der Waals surface area contributed by atoms with E-state index in [1.54, 1.807) is 11.4 Å². The highest BCUT2D eigenvalue weighted by Crippen LogP contribution is 2.25. The molecule has 0 unspecified atom stereocenters. The fourth-order valence-electron chi connectivity index (χ4n) is 1.69. The highest BCUT2D eigenvalue weighted by atomic mass is 32.1. The van der Waals surface area contributed by atoms with Crippen LogP contribution in [0, 0.1) is 0 Å². The van der Waals surface area contributed by atoms with Crippen molar-refractivity contribution >= 4 is 17.2 Å². The maximum Gasteiger partial charge on any atom is 0.255 e. The monoisotopic (exact) mass is 265 g/mol. The van der Waals surface area contributed by atoms with E-state index in [2.05, 4.69) is 20.6 Å². The van der Waals surface area contributed by atoms with Crippen molar-refractivity contribution in [3.8, 4) is 10.7 Å². The lowest BCUT2D eigenvalue weighted by atomic mass is 10.2. The van der Waals surface area contributed by atoms with Crippen molar-refractivity contribution in [3.63, 3.8) is 0 Å². The summed E-state index contributed by atoms with van der Waals surface area (Å²) < 4.78 is 12.9. The molecule has 0 aliphatic carbocycles. The molecule has 2 aromatic heterocycles. The maximum absolute atomic E-state index is 12.9. The van der Waals surface area contributed by atoms with Crippen LogP contribution < -0.4 is 0 Å². The number of carbonyl (C=O) groups excluding carboxylic acids is 1. The molecule has 3 heterocycles. The number of nitrogens with zero attached hydrogens (tertiary/aromatic N) is 4. The van der Waals surface area contributed by atoms with Crippen LogP contribution in [0.4, 0.5) is 4.39 Å². The van der Waals surface area contributed by atoms with Gasteiger partial charge in [-0.15, -0.1) is 21.5 Å². The molecular formula is C10H8FN5OS. The van der Waals surface area contributed by atoms with Crippen LogP contribution in [0.3, 0.4) is 0 Å². The molecule has 8 heteroatoms. The SMILES string of the molecule is O=C(c1csc(-c2nn[nH]n2)c1)N1CC=C(F)C1. The second-order valence-electron chi connectivity index (χ2n) is 3.77. The summed E-state index contributed by atoms with van der Waals surface area (Å²) in [4.78, 5) is 14.2. The number of rotatable bonds is 2. The maximum atomic E-state index is 12.9. The molecule has 92 valence electrons. The molecule has 2 aromatic rings. The number of hydrogen-bond acceptors (Lipinski definition) is 5. The lowest BCUT2D eigenvalue weighted by Crippen LogP contribution is -2.28. The predicted molar refractivity (Wildman–Crippen MR) is 62.6 cm³/mol. The van der Waals surface area contributed by atoms with Crippen molar-refractivity contribution in [2.75, 3.05) is 13.1 Å². The van der Waals surface area contributed by atoms with Gasteiger partial charge in [-0.2, -0.15) is 5.21 Å². The van der Waals surface area contributed by atoms with E-state index in [4.69, 9.17) is 0 Å². The van der Waals surface area contributed by atoms with Crippen molar-refractivity contribution in [1.29, 1.82) is 0 Å². The predicted octanol–water partition coefficient (Wildman–Crippen LogP) is 1.24. The van der Waals surface area contributed by atoms with Crippen LogP contribution in [0.2, 0.25) is 0 Å². The summed E-state index contributed by atoms with van der Waals surface area (Å²) in [5.74, 6) is -0.00774. The number of aromatic nitrogens is 4. The average molecular weight is 265 g/mol. The molecule has 18 heavy (non-hydrogen) atoms. The third-order valence-electron chi connectivity index (χ3n) is 2.57. The van der Waals surface area contributed by atoms with Gasteiger partial charge in [0, 0.05) is 11.9 Å². The Morgan fingerprint density at radius 1 is 1.56 bits per heavy atom. The number of tetrazole rings is 1. The zero-order valence-corrected chi connectivity index (χ0v) is 9.95. The van der Waals surface area contributed by atoms with Gasteiger partial charge in [-0.3, -0.25) is 4.79 Å². The molecule has 3 rings (SSSR count). The van der Waals surface area contributed by atoms with Crippen LogP contribution in [0.1, 0.15) is 10.4 Å². The third-order valence-corrected chi connectivity index (χ3v) is 3.50. The molecule has 1 aliphatic heterocycles. The number of nitrogens with one attached hydrogen (secondary N) is 1. The van der Waals surface area contributed by atoms with Crippen LogP contribution in [0.5, 0.6) is 0 Å². The Bertz CT molecular complexity index is 606. The van der Waals surface area contributed by atoms with Gasteiger partial charge in [-0.1, -0.05) is 0 Å². The van der Waals surface area contributed by atoms with Crippen LogP contribution in [-0.4, -0.2) is 44.5 Å². The fraction of sp³-hybridized carbons (Fsp3) is 0.200. The van der Waals surface area contributed by atoms with Crippen molar-refractivity contribution in [1.82, 2.24) is 25.5 Å². The van der Waals surface area contributed by atoms with Crippen LogP contribution in [-0.2, 0) is 0 Å². The Balaban J connectivity index is 1.79. The number of halogens is 1. The summed E-state index contributed by atoms with van der Waals surface area (Å²) in [6.07, 6.45) is 1.41. The molecular weight excluding hydrogens is 257 g/mol. The van der Waals surface area contributed by atoms with Crippen molar-refractivity contribution in [3.05, 3.63) is 28.9 Å². The summed E-state index contributed by atoms with van der Waals surface area (Å²) in [6.45, 7) is 0.365. The number of H-pyrrole nitrogens is 1. The molecule has 0 bridgehead atoms. The molecule has 1 N–H and O–H groups in total. The first kappa shape index (κ1) is 11.0. The Morgan fingerprint density at radius 2 is 2.44 bits per heavy atom. The van der Waals surface area contributed by atoms with Crippen LogP contribution in [0.25, 0.3) is 10.7 Å². The normalized spacial score (nSPS) is 14.9. The Morgan fingerprint density at radius 3 is 3.11 bits per heavy atom. The van der Waals surface area contributed by atoms with E-state index in [0.29, 0.717) is 17.9 Å². The lowest BCUT2D eigenvalue weighted by molar-refractivity contribution is 0.0794. The van der Waals surface area contributed by atoms with Gasteiger partial charge in [-0.05, 0) is 17.4 Å². The molecule has 0 aromatic carbocycles. The number of hydrogen-bond donors (Lipinski definition) is 1. The van der Waals surface area contributed by atoms with Gasteiger partial charge in [-0.25, -0.2) is 4.39 Å². The summed E-state index contributed by atoms with van der Waals surface area (Å²) in [7, 11) is 0. The molecule has 0 atom stereocenters. The summed E-state index contributed by atoms with van der Waals surface area (Å²) in [5.41, 5.74) is 0.517. The van der Waals surface area contributed by atoms with E-state index in [0.717, 1.165) is 4.88 Å². The summed E-state index contributed by atoms with van der Waals surface area (Å²) in [5, 5.41) is 15.2. The number of aromatic amines is 1. The van der Waals surface area contributed by atoms with E-state index >= 15 is 0 Å². The number of amides is 1. The zero-order valence-electron chi connectivity index (χ0n) is 9.13. The van der Waals surface area contributed by atoms with Gasteiger partial charge in [0.15, 0.2) is 0 Å². The highest BCUT2D eigenvalue weighted by Gasteiger charge is 2.22. The van der Waals surface area contributed by atoms with Gasteiger partial charge >= 0.3 is 0 Å². The van der Waals surface area contributed by atoms with E-state index in [1.165, 1.54) is 22.3 Å². The minimum Gasteiger partial charge on any atom is -0.328 e. The smallest absolute Gasteiger partial charge is 0.255 e. The third kappa shape index (κ3) is 1.90. The number of thiophene rings is 1. The van der Waals surface area contributed by atoms with Crippen molar-refractivity contribution in [2.45, 2.75) is 0 Å². The Labute approximate surface area is 105 Å². The topological polar surface area (TPSA) is 74.8 Å². The fourth-order valence-corrected chi connectivity index (χ4v) is 2.50. The van der Waals surface area contributed by atoms with Gasteiger partial charge < -0.3 is 4.90 Å². The quantitative estimate of drug-likeness (QED) is 0.886. The second kappa shape index (κ2) is 4.30. The molecule has 0 saturated heterocycles. The Kier molecular flexibility index (Phi) is 2.63. The first-order chi connectivity index (χ1) is 8.74. The first-order valence-electron chi connectivity index (χ1n) is 5.20. The minimum atomic E-state index is -0.267. The first-order valence-corrected chi connectivity index (χ1v) is 6.08. The average Bonchev–Trinajstić information content (AvgIpc) is 3.09.